The maximum Gasteiger partial charge on any atom is 0.307 e. The Kier molecular flexibility index (Phi) is 6.10. The van der Waals surface area contributed by atoms with Gasteiger partial charge in [0.05, 0.1) is 10.7 Å². The van der Waals surface area contributed by atoms with E-state index < -0.39 is 5.91 Å². The third kappa shape index (κ3) is 4.35. The van der Waals surface area contributed by atoms with E-state index in [-0.39, 0.29) is 5.76 Å². The van der Waals surface area contributed by atoms with Gasteiger partial charge in [0.2, 0.25) is 0 Å². The minimum Gasteiger partial charge on any atom is -0.450 e. The number of aryl methyl sites for hydroxylation is 2. The van der Waals surface area contributed by atoms with Crippen LogP contribution in [-0.2, 0) is 0 Å². The van der Waals surface area contributed by atoms with E-state index in [1.165, 1.54) is 0 Å². The zero-order chi connectivity index (χ0) is 22.3. The SMILES string of the molecule is Cc1ccc(Cl)cc1-n1c(C)cc(/C=N\NC(=O)c2cc3cc(Br)cc(Br)c3o2)c1C. The lowest BCUT2D eigenvalue weighted by Crippen LogP contribution is -2.16. The summed E-state index contributed by atoms with van der Waals surface area (Å²) in [6.07, 6.45) is 1.63. The zero-order valence-corrected chi connectivity index (χ0v) is 20.9. The first-order valence-corrected chi connectivity index (χ1v) is 11.4. The van der Waals surface area contributed by atoms with E-state index in [1.54, 1.807) is 12.3 Å². The fourth-order valence-electron chi connectivity index (χ4n) is 3.52. The minimum absolute atomic E-state index is 0.186. The number of hydrogen-bond donors (Lipinski definition) is 1. The Morgan fingerprint density at radius 2 is 1.90 bits per heavy atom. The van der Waals surface area contributed by atoms with Crippen LogP contribution >= 0.6 is 43.5 Å². The lowest BCUT2D eigenvalue weighted by atomic mass is 10.2. The molecule has 4 aromatic rings. The van der Waals surface area contributed by atoms with Crippen molar-refractivity contribution < 1.29 is 9.21 Å². The Labute approximate surface area is 201 Å². The van der Waals surface area contributed by atoms with E-state index >= 15 is 0 Å². The third-order valence-electron chi connectivity index (χ3n) is 5.01. The zero-order valence-electron chi connectivity index (χ0n) is 17.0. The number of halogens is 3. The summed E-state index contributed by atoms with van der Waals surface area (Å²) in [5, 5.41) is 5.63. The standard InChI is InChI=1S/C23H18Br2ClN3O2/c1-12-4-5-18(26)10-20(12)29-13(2)6-16(14(29)3)11-27-28-23(30)21-8-15-7-17(24)9-19(25)22(15)31-21/h4-11H,1-3H3,(H,28,30)/b27-11-. The Hall–Kier alpha value is -2.35. The third-order valence-corrected chi connectivity index (χ3v) is 6.29. The minimum atomic E-state index is -0.421. The molecular formula is C23H18Br2ClN3O2. The number of aromatic nitrogens is 1. The topological polar surface area (TPSA) is 59.5 Å². The maximum atomic E-state index is 12.5. The van der Waals surface area contributed by atoms with Gasteiger partial charge in [0.15, 0.2) is 5.76 Å². The number of carbonyl (C=O) groups excluding carboxylic acids is 1. The summed E-state index contributed by atoms with van der Waals surface area (Å²) >= 11 is 13.1. The molecule has 0 radical (unpaired) electrons. The number of carbonyl (C=O) groups is 1. The summed E-state index contributed by atoms with van der Waals surface area (Å²) < 4.78 is 9.46. The predicted molar refractivity (Wildman–Crippen MR) is 132 cm³/mol. The summed E-state index contributed by atoms with van der Waals surface area (Å²) in [6, 6.07) is 13.3. The molecule has 0 unspecified atom stereocenters. The number of rotatable bonds is 4. The summed E-state index contributed by atoms with van der Waals surface area (Å²) in [5.74, 6) is -0.235. The van der Waals surface area contributed by atoms with Crippen LogP contribution in [-0.4, -0.2) is 16.7 Å². The molecule has 0 spiro atoms. The van der Waals surface area contributed by atoms with Crippen molar-refractivity contribution in [3.05, 3.63) is 84.7 Å². The van der Waals surface area contributed by atoms with Crippen molar-refractivity contribution in [2.75, 3.05) is 0 Å². The normalized spacial score (nSPS) is 11.5. The van der Waals surface area contributed by atoms with Crippen LogP contribution in [0, 0.1) is 20.8 Å². The van der Waals surface area contributed by atoms with E-state index in [2.05, 4.69) is 47.0 Å². The molecule has 0 bridgehead atoms. The molecule has 0 atom stereocenters. The average molecular weight is 564 g/mol. The van der Waals surface area contributed by atoms with E-state index in [1.807, 2.05) is 57.2 Å². The highest BCUT2D eigenvalue weighted by atomic mass is 79.9. The molecule has 8 heteroatoms. The first-order chi connectivity index (χ1) is 14.7. The second-order valence-electron chi connectivity index (χ2n) is 7.21. The van der Waals surface area contributed by atoms with Gasteiger partial charge >= 0.3 is 5.91 Å². The molecule has 1 N–H and O–H groups in total. The van der Waals surface area contributed by atoms with E-state index in [0.717, 1.165) is 42.5 Å². The largest absolute Gasteiger partial charge is 0.450 e. The molecule has 31 heavy (non-hydrogen) atoms. The van der Waals surface area contributed by atoms with E-state index in [9.17, 15) is 4.79 Å². The van der Waals surface area contributed by atoms with Gasteiger partial charge in [-0.1, -0.05) is 33.6 Å². The molecule has 5 nitrogen and oxygen atoms in total. The number of nitrogens with zero attached hydrogens (tertiary/aromatic N) is 2. The molecule has 2 heterocycles. The number of furan rings is 1. The van der Waals surface area contributed by atoms with E-state index in [4.69, 9.17) is 16.0 Å². The highest BCUT2D eigenvalue weighted by molar-refractivity contribution is 9.11. The molecular weight excluding hydrogens is 546 g/mol. The van der Waals surface area contributed by atoms with Crippen LogP contribution in [0.25, 0.3) is 16.7 Å². The van der Waals surface area contributed by atoms with Crippen molar-refractivity contribution in [1.29, 1.82) is 0 Å². The molecule has 0 saturated carbocycles. The highest BCUT2D eigenvalue weighted by Crippen LogP contribution is 2.31. The van der Waals surface area contributed by atoms with Gasteiger partial charge in [0.25, 0.3) is 0 Å². The van der Waals surface area contributed by atoms with Gasteiger partial charge in [-0.05, 0) is 78.7 Å². The second kappa shape index (κ2) is 8.65. The Balaban J connectivity index is 1.56. The summed E-state index contributed by atoms with van der Waals surface area (Å²) in [5.41, 5.74) is 8.22. The number of benzene rings is 2. The molecule has 0 aliphatic heterocycles. The van der Waals surface area contributed by atoms with Gasteiger partial charge in [-0.15, -0.1) is 0 Å². The van der Waals surface area contributed by atoms with Gasteiger partial charge in [0, 0.05) is 37.5 Å². The molecule has 0 aliphatic carbocycles. The van der Waals surface area contributed by atoms with Crippen molar-refractivity contribution in [2.24, 2.45) is 5.10 Å². The van der Waals surface area contributed by atoms with Crippen LogP contribution in [0.5, 0.6) is 0 Å². The van der Waals surface area contributed by atoms with Gasteiger partial charge in [-0.25, -0.2) is 5.43 Å². The smallest absolute Gasteiger partial charge is 0.307 e. The van der Waals surface area contributed by atoms with Crippen LogP contribution < -0.4 is 5.43 Å². The second-order valence-corrected chi connectivity index (χ2v) is 9.41. The number of nitrogens with one attached hydrogen (secondary N) is 1. The van der Waals surface area contributed by atoms with Crippen LogP contribution in [0.1, 0.15) is 33.1 Å². The molecule has 0 fully saturated rings. The van der Waals surface area contributed by atoms with Gasteiger partial charge < -0.3 is 8.98 Å². The van der Waals surface area contributed by atoms with Crippen LogP contribution in [0.3, 0.4) is 0 Å². The van der Waals surface area contributed by atoms with Crippen LogP contribution in [0.15, 0.2) is 60.9 Å². The first-order valence-electron chi connectivity index (χ1n) is 9.42. The predicted octanol–water partition coefficient (Wildman–Crippen LogP) is 7.09. The maximum absolute atomic E-state index is 12.5. The molecule has 158 valence electrons. The lowest BCUT2D eigenvalue weighted by molar-refractivity contribution is 0.0929. The Morgan fingerprint density at radius 1 is 1.13 bits per heavy atom. The fourth-order valence-corrected chi connectivity index (χ4v) is 5.02. The van der Waals surface area contributed by atoms with Crippen molar-refractivity contribution in [2.45, 2.75) is 20.8 Å². The van der Waals surface area contributed by atoms with Crippen LogP contribution in [0.4, 0.5) is 0 Å². The number of hydrogen-bond acceptors (Lipinski definition) is 3. The monoisotopic (exact) mass is 561 g/mol. The molecule has 0 saturated heterocycles. The van der Waals surface area contributed by atoms with Gasteiger partial charge in [0.1, 0.15) is 5.58 Å². The van der Waals surface area contributed by atoms with E-state index in [0.29, 0.717) is 10.6 Å². The molecule has 2 aromatic heterocycles. The molecule has 1 amide bonds. The average Bonchev–Trinajstić information content (AvgIpc) is 3.25. The summed E-state index contributed by atoms with van der Waals surface area (Å²) in [6.45, 7) is 6.07. The molecule has 4 rings (SSSR count). The Morgan fingerprint density at radius 3 is 2.68 bits per heavy atom. The summed E-state index contributed by atoms with van der Waals surface area (Å²) in [4.78, 5) is 12.5. The molecule has 0 aliphatic rings. The first kappa shape index (κ1) is 21.9. The number of hydrazone groups is 1. The Bertz CT molecular complexity index is 1350. The lowest BCUT2D eigenvalue weighted by Gasteiger charge is -2.13. The highest BCUT2D eigenvalue weighted by Gasteiger charge is 2.15. The fraction of sp³-hybridized carbons (Fsp3) is 0.130. The van der Waals surface area contributed by atoms with Crippen molar-refractivity contribution in [3.63, 3.8) is 0 Å². The van der Waals surface area contributed by atoms with Crippen molar-refractivity contribution >= 4 is 66.6 Å². The molecule has 2 aromatic carbocycles. The summed E-state index contributed by atoms with van der Waals surface area (Å²) in [7, 11) is 0. The van der Waals surface area contributed by atoms with Gasteiger partial charge in [-0.3, -0.25) is 4.79 Å². The van der Waals surface area contributed by atoms with Crippen molar-refractivity contribution in [1.82, 2.24) is 9.99 Å². The quantitative estimate of drug-likeness (QED) is 0.213. The van der Waals surface area contributed by atoms with Crippen molar-refractivity contribution in [3.8, 4) is 5.69 Å². The van der Waals surface area contributed by atoms with Gasteiger partial charge in [-0.2, -0.15) is 5.10 Å². The van der Waals surface area contributed by atoms with Crippen LogP contribution in [0.2, 0.25) is 5.02 Å². The number of amides is 1. The number of fused-ring (bicyclic) bond motifs is 1.